The van der Waals surface area contributed by atoms with Crippen LogP contribution in [0.4, 0.5) is 4.79 Å². The van der Waals surface area contributed by atoms with Gasteiger partial charge in [0.05, 0.1) is 6.54 Å². The van der Waals surface area contributed by atoms with Gasteiger partial charge in [0.15, 0.2) is 0 Å². The number of nitrogens with one attached hydrogen (secondary N) is 3. The van der Waals surface area contributed by atoms with Crippen LogP contribution in [0.25, 0.3) is 0 Å². The van der Waals surface area contributed by atoms with Crippen LogP contribution in [-0.2, 0) is 9.59 Å². The number of carboxylic acid groups (broad SMARTS) is 1. The first-order valence-electron chi connectivity index (χ1n) is 4.98. The fourth-order valence-corrected chi connectivity index (χ4v) is 0.807. The van der Waals surface area contributed by atoms with Gasteiger partial charge >= 0.3 is 12.0 Å². The number of rotatable bonds is 6. The molecule has 0 aromatic heterocycles. The van der Waals surface area contributed by atoms with Crippen molar-refractivity contribution in [1.29, 1.82) is 0 Å². The molecule has 7 nitrogen and oxygen atoms in total. The third-order valence-electron chi connectivity index (χ3n) is 1.83. The largest absolute Gasteiger partial charge is 0.480 e. The normalized spacial score (nSPS) is 11.4. The molecule has 3 amide bonds. The van der Waals surface area contributed by atoms with Crippen LogP contribution in [0.2, 0.25) is 0 Å². The van der Waals surface area contributed by atoms with Gasteiger partial charge in [0.25, 0.3) is 0 Å². The Hall–Kier alpha value is -1.79. The van der Waals surface area contributed by atoms with E-state index in [2.05, 4.69) is 16.0 Å². The van der Waals surface area contributed by atoms with Crippen molar-refractivity contribution in [3.05, 3.63) is 0 Å². The monoisotopic (exact) mass is 231 g/mol. The van der Waals surface area contributed by atoms with Crippen molar-refractivity contribution in [3.63, 3.8) is 0 Å². The van der Waals surface area contributed by atoms with E-state index in [1.54, 1.807) is 0 Å². The summed E-state index contributed by atoms with van der Waals surface area (Å²) in [5, 5.41) is 15.2. The first-order valence-corrected chi connectivity index (χ1v) is 4.98. The van der Waals surface area contributed by atoms with E-state index < -0.39 is 18.5 Å². The number of carboxylic acids is 1. The Balaban J connectivity index is 3.67. The second kappa shape index (κ2) is 7.49. The van der Waals surface area contributed by atoms with Crippen LogP contribution in [0.1, 0.15) is 20.3 Å². The highest BCUT2D eigenvalue weighted by Crippen LogP contribution is 1.86. The van der Waals surface area contributed by atoms with E-state index in [9.17, 15) is 14.4 Å². The molecule has 0 aliphatic carbocycles. The van der Waals surface area contributed by atoms with Crippen LogP contribution in [0, 0.1) is 0 Å². The first kappa shape index (κ1) is 14.2. The van der Waals surface area contributed by atoms with Gasteiger partial charge in [0.1, 0.15) is 6.54 Å². The Labute approximate surface area is 93.6 Å². The molecule has 0 fully saturated rings. The summed E-state index contributed by atoms with van der Waals surface area (Å²) in [5.41, 5.74) is 0. The number of aliphatic carboxylic acids is 1. The maximum atomic E-state index is 11.2. The molecule has 0 aromatic carbocycles. The van der Waals surface area contributed by atoms with Crippen molar-refractivity contribution in [2.24, 2.45) is 0 Å². The van der Waals surface area contributed by atoms with Gasteiger partial charge in [-0.1, -0.05) is 6.92 Å². The first-order chi connectivity index (χ1) is 7.45. The quantitative estimate of drug-likeness (QED) is 0.484. The Bertz CT molecular complexity index is 267. The summed E-state index contributed by atoms with van der Waals surface area (Å²) in [5.74, 6) is -1.45. The zero-order chi connectivity index (χ0) is 12.6. The Morgan fingerprint density at radius 1 is 1.19 bits per heavy atom. The van der Waals surface area contributed by atoms with Gasteiger partial charge in [-0.2, -0.15) is 0 Å². The number of hydrogen-bond donors (Lipinski definition) is 4. The molecule has 0 radical (unpaired) electrons. The molecule has 0 saturated heterocycles. The average molecular weight is 231 g/mol. The average Bonchev–Trinajstić information content (AvgIpc) is 2.23. The SMILES string of the molecule is CCC(C)NC(=O)CNC(=O)NCC(=O)O. The molecule has 0 heterocycles. The lowest BCUT2D eigenvalue weighted by atomic mass is 10.2. The molecule has 0 aromatic rings. The number of urea groups is 1. The minimum atomic E-state index is -1.14. The fourth-order valence-electron chi connectivity index (χ4n) is 0.807. The van der Waals surface area contributed by atoms with E-state index in [0.29, 0.717) is 0 Å². The molecule has 1 atom stereocenters. The van der Waals surface area contributed by atoms with Crippen molar-refractivity contribution in [2.45, 2.75) is 26.3 Å². The molecular weight excluding hydrogens is 214 g/mol. The van der Waals surface area contributed by atoms with Crippen LogP contribution in [-0.4, -0.2) is 42.1 Å². The van der Waals surface area contributed by atoms with Crippen LogP contribution in [0.3, 0.4) is 0 Å². The molecule has 0 aliphatic heterocycles. The number of hydrogen-bond acceptors (Lipinski definition) is 3. The Morgan fingerprint density at radius 3 is 2.25 bits per heavy atom. The Morgan fingerprint density at radius 2 is 1.75 bits per heavy atom. The molecule has 92 valence electrons. The molecule has 0 bridgehead atoms. The van der Waals surface area contributed by atoms with Crippen molar-refractivity contribution in [3.8, 4) is 0 Å². The van der Waals surface area contributed by atoms with Gasteiger partial charge in [-0.3, -0.25) is 9.59 Å². The lowest BCUT2D eigenvalue weighted by molar-refractivity contribution is -0.135. The van der Waals surface area contributed by atoms with Crippen molar-refractivity contribution < 1.29 is 19.5 Å². The maximum Gasteiger partial charge on any atom is 0.323 e. The third kappa shape index (κ3) is 7.60. The highest BCUT2D eigenvalue weighted by molar-refractivity contribution is 5.85. The molecule has 0 rings (SSSR count). The van der Waals surface area contributed by atoms with Gasteiger partial charge in [-0.15, -0.1) is 0 Å². The number of amides is 3. The van der Waals surface area contributed by atoms with Crippen LogP contribution in [0.5, 0.6) is 0 Å². The molecule has 0 spiro atoms. The highest BCUT2D eigenvalue weighted by atomic mass is 16.4. The van der Waals surface area contributed by atoms with Crippen molar-refractivity contribution >= 4 is 17.9 Å². The summed E-state index contributed by atoms with van der Waals surface area (Å²) in [4.78, 5) is 32.2. The van der Waals surface area contributed by atoms with Crippen LogP contribution in [0.15, 0.2) is 0 Å². The highest BCUT2D eigenvalue weighted by Gasteiger charge is 2.07. The number of carbonyl (C=O) groups excluding carboxylic acids is 2. The zero-order valence-corrected chi connectivity index (χ0v) is 9.37. The smallest absolute Gasteiger partial charge is 0.323 e. The number of carbonyl (C=O) groups is 3. The van der Waals surface area contributed by atoms with Gasteiger partial charge in [-0.25, -0.2) is 4.79 Å². The van der Waals surface area contributed by atoms with Crippen molar-refractivity contribution in [1.82, 2.24) is 16.0 Å². The molecule has 1 unspecified atom stereocenters. The van der Waals surface area contributed by atoms with Crippen LogP contribution < -0.4 is 16.0 Å². The predicted molar refractivity (Wildman–Crippen MR) is 56.9 cm³/mol. The second-order valence-corrected chi connectivity index (χ2v) is 3.31. The third-order valence-corrected chi connectivity index (χ3v) is 1.83. The molecule has 4 N–H and O–H groups in total. The van der Waals surface area contributed by atoms with E-state index >= 15 is 0 Å². The van der Waals surface area contributed by atoms with Gasteiger partial charge < -0.3 is 21.1 Å². The molecule has 7 heteroatoms. The zero-order valence-electron chi connectivity index (χ0n) is 9.37. The lowest BCUT2D eigenvalue weighted by Gasteiger charge is -2.11. The van der Waals surface area contributed by atoms with E-state index in [0.717, 1.165) is 6.42 Å². The summed E-state index contributed by atoms with van der Waals surface area (Å²) in [6.07, 6.45) is 0.803. The summed E-state index contributed by atoms with van der Waals surface area (Å²) >= 11 is 0. The molecule has 0 saturated carbocycles. The summed E-state index contributed by atoms with van der Waals surface area (Å²) in [6.45, 7) is 3.13. The maximum absolute atomic E-state index is 11.2. The second-order valence-electron chi connectivity index (χ2n) is 3.31. The lowest BCUT2D eigenvalue weighted by Crippen LogP contribution is -2.45. The molecular formula is C9H17N3O4. The summed E-state index contributed by atoms with van der Waals surface area (Å²) < 4.78 is 0. The predicted octanol–water partition coefficient (Wildman–Crippen LogP) is -0.715. The van der Waals surface area contributed by atoms with E-state index in [-0.39, 0.29) is 18.5 Å². The van der Waals surface area contributed by atoms with E-state index in [4.69, 9.17) is 5.11 Å². The molecule has 16 heavy (non-hydrogen) atoms. The fraction of sp³-hybridized carbons (Fsp3) is 0.667. The summed E-state index contributed by atoms with van der Waals surface area (Å²) in [7, 11) is 0. The van der Waals surface area contributed by atoms with E-state index in [1.807, 2.05) is 13.8 Å². The van der Waals surface area contributed by atoms with Crippen molar-refractivity contribution in [2.75, 3.05) is 13.1 Å². The topological polar surface area (TPSA) is 108 Å². The van der Waals surface area contributed by atoms with Crippen LogP contribution >= 0.6 is 0 Å². The van der Waals surface area contributed by atoms with Gasteiger partial charge in [-0.05, 0) is 13.3 Å². The molecule has 0 aliphatic rings. The summed E-state index contributed by atoms with van der Waals surface area (Å²) in [6, 6.07) is -0.627. The van der Waals surface area contributed by atoms with Gasteiger partial charge in [0.2, 0.25) is 5.91 Å². The minimum absolute atomic E-state index is 0.0522. The minimum Gasteiger partial charge on any atom is -0.480 e. The van der Waals surface area contributed by atoms with E-state index in [1.165, 1.54) is 0 Å². The van der Waals surface area contributed by atoms with Gasteiger partial charge in [0, 0.05) is 6.04 Å². The standard InChI is InChI=1S/C9H17N3O4/c1-3-6(2)12-7(13)4-10-9(16)11-5-8(14)15/h6H,3-5H2,1-2H3,(H,12,13)(H,14,15)(H2,10,11,16). The Kier molecular flexibility index (Phi) is 6.66.